The number of nitrogens with one attached hydrogen (secondary N) is 2. The van der Waals surface area contributed by atoms with Crippen molar-refractivity contribution in [3.8, 4) is 0 Å². The number of carbonyl (C=O) groups is 1. The Morgan fingerprint density at radius 2 is 1.41 bits per heavy atom. The standard InChI is InChI=1S/C27H23BrClN3O5S2/c1-19-5-13-26(14-6-19)39(36,37)32(24-4-2-3-21(29)17-24)18-27(33)30-22-11-15-25(16-12-22)38(34,35)31-23-9-7-20(28)8-10-23/h2-17,31H,18H2,1H3,(H,30,33). The number of carbonyl (C=O) groups excluding carboxylic acids is 1. The second-order valence-corrected chi connectivity index (χ2v) is 13.4. The summed E-state index contributed by atoms with van der Waals surface area (Å²) in [7, 11) is -7.97. The van der Waals surface area contributed by atoms with Gasteiger partial charge >= 0.3 is 0 Å². The van der Waals surface area contributed by atoms with Gasteiger partial charge in [0.15, 0.2) is 0 Å². The second kappa shape index (κ2) is 11.8. The molecule has 0 aliphatic carbocycles. The average molecular weight is 649 g/mol. The molecule has 0 saturated carbocycles. The molecule has 2 N–H and O–H groups in total. The lowest BCUT2D eigenvalue weighted by Gasteiger charge is -2.24. The minimum Gasteiger partial charge on any atom is -0.325 e. The van der Waals surface area contributed by atoms with Gasteiger partial charge in [-0.25, -0.2) is 16.8 Å². The Labute approximate surface area is 240 Å². The SMILES string of the molecule is Cc1ccc(S(=O)(=O)N(CC(=O)Nc2ccc(S(=O)(=O)Nc3ccc(Br)cc3)cc2)c2cccc(Cl)c2)cc1. The second-order valence-electron chi connectivity index (χ2n) is 8.49. The maximum absolute atomic E-state index is 13.5. The first-order chi connectivity index (χ1) is 18.4. The summed E-state index contributed by atoms with van der Waals surface area (Å²) in [4.78, 5) is 13.0. The lowest BCUT2D eigenvalue weighted by atomic mass is 10.2. The van der Waals surface area contributed by atoms with Crippen LogP contribution in [0.15, 0.2) is 111 Å². The summed E-state index contributed by atoms with van der Waals surface area (Å²) in [6.45, 7) is 1.30. The van der Waals surface area contributed by atoms with Crippen LogP contribution >= 0.6 is 27.5 Å². The van der Waals surface area contributed by atoms with Gasteiger partial charge < -0.3 is 5.32 Å². The molecule has 0 aromatic heterocycles. The topological polar surface area (TPSA) is 113 Å². The smallest absolute Gasteiger partial charge is 0.264 e. The first-order valence-electron chi connectivity index (χ1n) is 11.5. The quantitative estimate of drug-likeness (QED) is 0.230. The average Bonchev–Trinajstić information content (AvgIpc) is 2.89. The molecule has 0 unspecified atom stereocenters. The van der Waals surface area contributed by atoms with Crippen molar-refractivity contribution in [2.75, 3.05) is 20.9 Å². The molecular weight excluding hydrogens is 626 g/mol. The van der Waals surface area contributed by atoms with Gasteiger partial charge in [-0.3, -0.25) is 13.8 Å². The van der Waals surface area contributed by atoms with Gasteiger partial charge in [-0.1, -0.05) is 51.3 Å². The first-order valence-corrected chi connectivity index (χ1v) is 15.6. The van der Waals surface area contributed by atoms with Crippen molar-refractivity contribution >= 4 is 70.5 Å². The summed E-state index contributed by atoms with van der Waals surface area (Å²) >= 11 is 9.40. The van der Waals surface area contributed by atoms with E-state index in [1.54, 1.807) is 54.6 Å². The van der Waals surface area contributed by atoms with E-state index in [4.69, 9.17) is 11.6 Å². The van der Waals surface area contributed by atoms with Crippen LogP contribution in [-0.4, -0.2) is 29.3 Å². The number of rotatable bonds is 9. The van der Waals surface area contributed by atoms with E-state index in [9.17, 15) is 21.6 Å². The number of nitrogens with zero attached hydrogens (tertiary/aromatic N) is 1. The zero-order valence-corrected chi connectivity index (χ0v) is 24.5. The van der Waals surface area contributed by atoms with Crippen LogP contribution in [0.5, 0.6) is 0 Å². The van der Waals surface area contributed by atoms with Gasteiger partial charge in [0.05, 0.1) is 15.5 Å². The summed E-state index contributed by atoms with van der Waals surface area (Å²) in [5, 5.41) is 2.94. The summed E-state index contributed by atoms with van der Waals surface area (Å²) in [6.07, 6.45) is 0. The van der Waals surface area contributed by atoms with Crippen molar-refractivity contribution < 1.29 is 21.6 Å². The Morgan fingerprint density at radius 1 is 0.821 bits per heavy atom. The molecule has 0 saturated heterocycles. The molecule has 0 bridgehead atoms. The molecule has 0 aliphatic rings. The fraction of sp³-hybridized carbons (Fsp3) is 0.0741. The molecule has 8 nitrogen and oxygen atoms in total. The van der Waals surface area contributed by atoms with Crippen LogP contribution in [0.25, 0.3) is 0 Å². The Bertz CT molecular complexity index is 1700. The van der Waals surface area contributed by atoms with Gasteiger partial charge in [0, 0.05) is 20.9 Å². The Morgan fingerprint density at radius 3 is 2.03 bits per heavy atom. The predicted molar refractivity (Wildman–Crippen MR) is 157 cm³/mol. The van der Waals surface area contributed by atoms with E-state index in [0.717, 1.165) is 14.3 Å². The van der Waals surface area contributed by atoms with E-state index in [1.807, 2.05) is 6.92 Å². The predicted octanol–water partition coefficient (Wildman–Crippen LogP) is 6.05. The summed E-state index contributed by atoms with van der Waals surface area (Å²) < 4.78 is 56.7. The van der Waals surface area contributed by atoms with Crippen LogP contribution in [0.1, 0.15) is 5.56 Å². The van der Waals surface area contributed by atoms with Crippen LogP contribution in [0, 0.1) is 6.92 Å². The Balaban J connectivity index is 1.53. The number of halogens is 2. The molecule has 4 aromatic rings. The van der Waals surface area contributed by atoms with E-state index in [0.29, 0.717) is 16.4 Å². The fourth-order valence-corrected chi connectivity index (χ4v) is 6.48. The highest BCUT2D eigenvalue weighted by Crippen LogP contribution is 2.27. The van der Waals surface area contributed by atoms with Crippen molar-refractivity contribution in [1.82, 2.24) is 0 Å². The summed E-state index contributed by atoms with van der Waals surface area (Å²) in [5.41, 5.74) is 1.80. The largest absolute Gasteiger partial charge is 0.325 e. The van der Waals surface area contributed by atoms with Crippen LogP contribution in [0.2, 0.25) is 5.02 Å². The highest BCUT2D eigenvalue weighted by molar-refractivity contribution is 9.10. The lowest BCUT2D eigenvalue weighted by molar-refractivity contribution is -0.114. The zero-order valence-electron chi connectivity index (χ0n) is 20.5. The molecule has 0 atom stereocenters. The fourth-order valence-electron chi connectivity index (χ4n) is 3.56. The van der Waals surface area contributed by atoms with Crippen LogP contribution in [0.3, 0.4) is 0 Å². The molecule has 0 radical (unpaired) electrons. The van der Waals surface area contributed by atoms with Crippen molar-refractivity contribution in [2.24, 2.45) is 0 Å². The van der Waals surface area contributed by atoms with E-state index in [-0.39, 0.29) is 15.5 Å². The van der Waals surface area contributed by atoms with Gasteiger partial charge in [0.25, 0.3) is 20.0 Å². The molecule has 39 heavy (non-hydrogen) atoms. The highest BCUT2D eigenvalue weighted by atomic mass is 79.9. The molecule has 0 aliphatic heterocycles. The summed E-state index contributed by atoms with van der Waals surface area (Å²) in [6, 6.07) is 24.7. The molecule has 0 spiro atoms. The third-order valence-corrected chi connectivity index (χ3v) is 9.49. The van der Waals surface area contributed by atoms with Gasteiger partial charge in [-0.15, -0.1) is 0 Å². The molecule has 4 rings (SSSR count). The number of sulfonamides is 2. The number of hydrogen-bond donors (Lipinski definition) is 2. The van der Waals surface area contributed by atoms with E-state index >= 15 is 0 Å². The third-order valence-electron chi connectivity index (χ3n) is 5.54. The number of hydrogen-bond acceptors (Lipinski definition) is 5. The minimum atomic E-state index is -4.11. The van der Waals surface area contributed by atoms with Crippen molar-refractivity contribution in [2.45, 2.75) is 16.7 Å². The molecular formula is C27H23BrClN3O5S2. The van der Waals surface area contributed by atoms with Crippen LogP contribution < -0.4 is 14.3 Å². The maximum atomic E-state index is 13.5. The normalized spacial score (nSPS) is 11.6. The van der Waals surface area contributed by atoms with Crippen molar-refractivity contribution in [3.63, 3.8) is 0 Å². The highest BCUT2D eigenvalue weighted by Gasteiger charge is 2.27. The molecule has 1 amide bonds. The van der Waals surface area contributed by atoms with Gasteiger partial charge in [-0.05, 0) is 85.8 Å². The Kier molecular flexibility index (Phi) is 8.65. The maximum Gasteiger partial charge on any atom is 0.264 e. The van der Waals surface area contributed by atoms with Gasteiger partial charge in [-0.2, -0.15) is 0 Å². The lowest BCUT2D eigenvalue weighted by Crippen LogP contribution is -2.38. The molecule has 4 aromatic carbocycles. The van der Waals surface area contributed by atoms with Gasteiger partial charge in [0.1, 0.15) is 6.54 Å². The van der Waals surface area contributed by atoms with Gasteiger partial charge in [0.2, 0.25) is 5.91 Å². The monoisotopic (exact) mass is 647 g/mol. The molecule has 12 heteroatoms. The molecule has 202 valence electrons. The molecule has 0 fully saturated rings. The number of aryl methyl sites for hydroxylation is 1. The minimum absolute atomic E-state index is 0.00841. The van der Waals surface area contributed by atoms with E-state index in [2.05, 4.69) is 26.0 Å². The van der Waals surface area contributed by atoms with Crippen LogP contribution in [0.4, 0.5) is 17.1 Å². The number of anilines is 3. The number of amides is 1. The zero-order chi connectivity index (χ0) is 28.2. The van der Waals surface area contributed by atoms with Crippen molar-refractivity contribution in [3.05, 3.63) is 112 Å². The first kappa shape index (κ1) is 28.6. The van der Waals surface area contributed by atoms with Crippen LogP contribution in [-0.2, 0) is 24.8 Å². The number of benzene rings is 4. The third kappa shape index (κ3) is 7.18. The van der Waals surface area contributed by atoms with E-state index in [1.165, 1.54) is 42.5 Å². The Hall–Kier alpha value is -3.38. The molecule has 0 heterocycles. The van der Waals surface area contributed by atoms with E-state index < -0.39 is 32.5 Å². The summed E-state index contributed by atoms with van der Waals surface area (Å²) in [5.74, 6) is -0.630. The van der Waals surface area contributed by atoms with Crippen molar-refractivity contribution in [1.29, 1.82) is 0 Å².